The van der Waals surface area contributed by atoms with Crippen LogP contribution in [0.25, 0.3) is 0 Å². The molecule has 0 spiro atoms. The minimum Gasteiger partial charge on any atom is -0.481 e. The van der Waals surface area contributed by atoms with Gasteiger partial charge in [0.05, 0.1) is 18.3 Å². The fourth-order valence-electron chi connectivity index (χ4n) is 1.05. The van der Waals surface area contributed by atoms with Crippen LogP contribution in [-0.2, 0) is 16.0 Å². The molecule has 2 N–H and O–H groups in total. The van der Waals surface area contributed by atoms with E-state index in [1.165, 1.54) is 12.3 Å². The van der Waals surface area contributed by atoms with Crippen LogP contribution in [0.5, 0.6) is 0 Å². The second-order valence-corrected chi connectivity index (χ2v) is 3.06. The molecule has 1 aromatic rings. The fourth-order valence-corrected chi connectivity index (χ4v) is 1.05. The Morgan fingerprint density at radius 1 is 1.41 bits per heavy atom. The first-order valence-electron chi connectivity index (χ1n) is 4.33. The monoisotopic (exact) mass is 248 g/mol. The summed E-state index contributed by atoms with van der Waals surface area (Å²) in [5.74, 6) is -3.39. The van der Waals surface area contributed by atoms with Crippen LogP contribution < -0.4 is 5.32 Å². The zero-order valence-electron chi connectivity index (χ0n) is 8.28. The molecule has 0 aliphatic rings. The van der Waals surface area contributed by atoms with E-state index in [2.05, 4.69) is 4.98 Å². The topological polar surface area (TPSA) is 79.3 Å². The highest BCUT2D eigenvalue weighted by Gasteiger charge is 2.39. The molecule has 92 valence electrons. The smallest absolute Gasteiger partial charge is 0.471 e. The molecule has 8 heteroatoms. The molecule has 0 aromatic carbocycles. The molecular weight excluding hydrogens is 241 g/mol. The number of rotatable bonds is 3. The molecule has 0 radical (unpaired) electrons. The van der Waals surface area contributed by atoms with Gasteiger partial charge in [-0.15, -0.1) is 0 Å². The van der Waals surface area contributed by atoms with Crippen molar-refractivity contribution in [3.8, 4) is 0 Å². The molecule has 1 rings (SSSR count). The van der Waals surface area contributed by atoms with Gasteiger partial charge in [-0.25, -0.2) is 0 Å². The highest BCUT2D eigenvalue weighted by atomic mass is 19.4. The average molecular weight is 248 g/mol. The Hall–Kier alpha value is -2.12. The number of carboxylic acids is 1. The van der Waals surface area contributed by atoms with Crippen LogP contribution in [-0.4, -0.2) is 28.1 Å². The van der Waals surface area contributed by atoms with Gasteiger partial charge in [-0.2, -0.15) is 13.2 Å². The summed E-state index contributed by atoms with van der Waals surface area (Å²) < 4.78 is 35.9. The van der Waals surface area contributed by atoms with Crippen molar-refractivity contribution < 1.29 is 27.9 Å². The summed E-state index contributed by atoms with van der Waals surface area (Å²) in [5, 5.41) is 10.1. The summed E-state index contributed by atoms with van der Waals surface area (Å²) in [5.41, 5.74) is -0.220. The van der Waals surface area contributed by atoms with E-state index < -0.39 is 24.5 Å². The Morgan fingerprint density at radius 2 is 2.06 bits per heavy atom. The molecule has 5 nitrogen and oxygen atoms in total. The van der Waals surface area contributed by atoms with Crippen molar-refractivity contribution >= 4 is 17.6 Å². The van der Waals surface area contributed by atoms with Crippen LogP contribution in [0.2, 0.25) is 0 Å². The zero-order chi connectivity index (χ0) is 13.1. The first-order chi connectivity index (χ1) is 7.80. The summed E-state index contributed by atoms with van der Waals surface area (Å²) in [7, 11) is 0. The zero-order valence-corrected chi connectivity index (χ0v) is 8.28. The number of halogens is 3. The van der Waals surface area contributed by atoms with Gasteiger partial charge in [0.1, 0.15) is 0 Å². The van der Waals surface area contributed by atoms with E-state index in [-0.39, 0.29) is 11.3 Å². The molecule has 17 heavy (non-hydrogen) atoms. The minimum atomic E-state index is -5.03. The standard InChI is InChI=1S/C9H7F3N2O3/c10-9(11,12)8(17)14-6-4-13-2-1-5(6)3-7(15)16/h1-2,4H,3H2,(H,14,17)(H,15,16). The van der Waals surface area contributed by atoms with E-state index in [1.54, 1.807) is 5.32 Å². The lowest BCUT2D eigenvalue weighted by Crippen LogP contribution is -2.30. The van der Waals surface area contributed by atoms with Gasteiger partial charge < -0.3 is 10.4 Å². The first kappa shape index (κ1) is 12.9. The molecule has 1 amide bonds. The van der Waals surface area contributed by atoms with E-state index >= 15 is 0 Å². The molecule has 0 saturated heterocycles. The predicted octanol–water partition coefficient (Wildman–Crippen LogP) is 1.21. The van der Waals surface area contributed by atoms with Gasteiger partial charge in [0.15, 0.2) is 0 Å². The van der Waals surface area contributed by atoms with Crippen LogP contribution in [0.1, 0.15) is 5.56 Å². The maximum Gasteiger partial charge on any atom is 0.471 e. The highest BCUT2D eigenvalue weighted by Crippen LogP contribution is 2.20. The predicted molar refractivity (Wildman–Crippen MR) is 50.3 cm³/mol. The number of alkyl halides is 3. The normalized spacial score (nSPS) is 11.0. The number of carboxylic acid groups (broad SMARTS) is 1. The number of amides is 1. The number of hydrogen-bond acceptors (Lipinski definition) is 3. The number of carbonyl (C=O) groups is 2. The lowest BCUT2D eigenvalue weighted by Gasteiger charge is -2.10. The second kappa shape index (κ2) is 4.81. The molecule has 1 heterocycles. The highest BCUT2D eigenvalue weighted by molar-refractivity contribution is 5.95. The van der Waals surface area contributed by atoms with Crippen molar-refractivity contribution in [2.75, 3.05) is 5.32 Å². The van der Waals surface area contributed by atoms with E-state index in [4.69, 9.17) is 5.11 Å². The third kappa shape index (κ3) is 3.74. The van der Waals surface area contributed by atoms with Crippen LogP contribution in [0.15, 0.2) is 18.5 Å². The number of aliphatic carboxylic acids is 1. The Morgan fingerprint density at radius 3 is 2.59 bits per heavy atom. The Bertz CT molecular complexity index is 445. The SMILES string of the molecule is O=C(O)Cc1ccncc1NC(=O)C(F)(F)F. The largest absolute Gasteiger partial charge is 0.481 e. The van der Waals surface area contributed by atoms with E-state index in [0.29, 0.717) is 0 Å². The van der Waals surface area contributed by atoms with E-state index in [1.807, 2.05) is 0 Å². The van der Waals surface area contributed by atoms with Crippen molar-refractivity contribution in [3.63, 3.8) is 0 Å². The molecule has 0 saturated carbocycles. The molecular formula is C9H7F3N2O3. The van der Waals surface area contributed by atoms with Gasteiger partial charge >= 0.3 is 18.1 Å². The van der Waals surface area contributed by atoms with E-state index in [0.717, 1.165) is 6.20 Å². The Kier molecular flexibility index (Phi) is 3.66. The maximum absolute atomic E-state index is 12.0. The minimum absolute atomic E-state index is 0.0464. The van der Waals surface area contributed by atoms with Crippen LogP contribution in [0.3, 0.4) is 0 Å². The number of nitrogens with one attached hydrogen (secondary N) is 1. The van der Waals surface area contributed by atoms with Crippen LogP contribution in [0, 0.1) is 0 Å². The summed E-state index contributed by atoms with van der Waals surface area (Å²) in [6.45, 7) is 0. The average Bonchev–Trinajstić information content (AvgIpc) is 2.18. The first-order valence-corrected chi connectivity index (χ1v) is 4.33. The Balaban J connectivity index is 2.91. The van der Waals surface area contributed by atoms with Crippen molar-refractivity contribution in [2.45, 2.75) is 12.6 Å². The molecule has 0 aliphatic heterocycles. The number of carbonyl (C=O) groups excluding carboxylic acids is 1. The molecule has 0 fully saturated rings. The lowest BCUT2D eigenvalue weighted by atomic mass is 10.1. The third-order valence-electron chi connectivity index (χ3n) is 1.76. The summed E-state index contributed by atoms with van der Waals surface area (Å²) in [4.78, 5) is 24.6. The molecule has 1 aromatic heterocycles. The fraction of sp³-hybridized carbons (Fsp3) is 0.222. The van der Waals surface area contributed by atoms with Crippen LogP contribution >= 0.6 is 0 Å². The summed E-state index contributed by atoms with van der Waals surface area (Å²) in [6, 6.07) is 1.22. The summed E-state index contributed by atoms with van der Waals surface area (Å²) in [6.07, 6.45) is -3.35. The number of hydrogen-bond donors (Lipinski definition) is 2. The maximum atomic E-state index is 12.0. The molecule has 0 unspecified atom stereocenters. The van der Waals surface area contributed by atoms with Gasteiger partial charge in [-0.3, -0.25) is 14.6 Å². The number of anilines is 1. The van der Waals surface area contributed by atoms with Gasteiger partial charge in [-0.05, 0) is 11.6 Å². The number of pyridine rings is 1. The Labute approximate surface area is 93.3 Å². The number of aromatic nitrogens is 1. The van der Waals surface area contributed by atoms with Crippen molar-refractivity contribution in [3.05, 3.63) is 24.0 Å². The molecule has 0 bridgehead atoms. The third-order valence-corrected chi connectivity index (χ3v) is 1.76. The summed E-state index contributed by atoms with van der Waals surface area (Å²) >= 11 is 0. The van der Waals surface area contributed by atoms with Crippen molar-refractivity contribution in [1.29, 1.82) is 0 Å². The number of nitrogens with zero attached hydrogens (tertiary/aromatic N) is 1. The lowest BCUT2D eigenvalue weighted by molar-refractivity contribution is -0.167. The van der Waals surface area contributed by atoms with Crippen LogP contribution in [0.4, 0.5) is 18.9 Å². The van der Waals surface area contributed by atoms with Gasteiger partial charge in [0, 0.05) is 6.20 Å². The van der Waals surface area contributed by atoms with Gasteiger partial charge in [-0.1, -0.05) is 0 Å². The van der Waals surface area contributed by atoms with E-state index in [9.17, 15) is 22.8 Å². The van der Waals surface area contributed by atoms with Crippen molar-refractivity contribution in [1.82, 2.24) is 4.98 Å². The molecule has 0 atom stereocenters. The second-order valence-electron chi connectivity index (χ2n) is 3.06. The van der Waals surface area contributed by atoms with Crippen molar-refractivity contribution in [2.24, 2.45) is 0 Å². The quantitative estimate of drug-likeness (QED) is 0.842. The van der Waals surface area contributed by atoms with Gasteiger partial charge in [0.2, 0.25) is 0 Å². The molecule has 0 aliphatic carbocycles. The van der Waals surface area contributed by atoms with Gasteiger partial charge in [0.25, 0.3) is 0 Å².